The van der Waals surface area contributed by atoms with E-state index in [1.165, 1.54) is 4.90 Å². The molecule has 0 aromatic heterocycles. The lowest BCUT2D eigenvalue weighted by Crippen LogP contribution is -2.32. The second-order valence-corrected chi connectivity index (χ2v) is 7.44. The van der Waals surface area contributed by atoms with Crippen LogP contribution in [0.25, 0.3) is 5.57 Å². The third kappa shape index (κ3) is 3.94. The van der Waals surface area contributed by atoms with E-state index in [-0.39, 0.29) is 11.6 Å². The third-order valence-electron chi connectivity index (χ3n) is 5.17. The van der Waals surface area contributed by atoms with Crippen LogP contribution in [0, 0.1) is 13.8 Å². The highest BCUT2D eigenvalue weighted by atomic mass is 16.5. The number of imide groups is 1. The molecule has 0 atom stereocenters. The summed E-state index contributed by atoms with van der Waals surface area (Å²) in [6, 6.07) is 22.3. The van der Waals surface area contributed by atoms with Gasteiger partial charge in [-0.2, -0.15) is 0 Å². The molecule has 1 heterocycles. The molecular weight excluding hydrogens is 388 g/mol. The Labute approximate surface area is 182 Å². The van der Waals surface area contributed by atoms with Crippen molar-refractivity contribution in [3.63, 3.8) is 0 Å². The van der Waals surface area contributed by atoms with Gasteiger partial charge in [-0.3, -0.25) is 9.59 Å². The highest BCUT2D eigenvalue weighted by Gasteiger charge is 2.40. The quantitative estimate of drug-likeness (QED) is 0.573. The molecule has 5 heteroatoms. The Morgan fingerprint density at radius 1 is 0.871 bits per heavy atom. The molecule has 156 valence electrons. The number of hydrogen-bond donors (Lipinski definition) is 1. The van der Waals surface area contributed by atoms with Crippen molar-refractivity contribution < 1.29 is 14.3 Å². The number of nitrogens with one attached hydrogen (secondary N) is 1. The maximum atomic E-state index is 13.6. The fourth-order valence-corrected chi connectivity index (χ4v) is 3.77. The van der Waals surface area contributed by atoms with Gasteiger partial charge in [0.2, 0.25) is 0 Å². The highest BCUT2D eigenvalue weighted by Crippen LogP contribution is 2.36. The van der Waals surface area contributed by atoms with E-state index < -0.39 is 5.91 Å². The molecule has 31 heavy (non-hydrogen) atoms. The molecule has 0 saturated carbocycles. The zero-order valence-corrected chi connectivity index (χ0v) is 17.8. The van der Waals surface area contributed by atoms with Crippen molar-refractivity contribution in [2.24, 2.45) is 0 Å². The number of benzene rings is 3. The SMILES string of the molecule is CCOc1cccc(N2C(=O)C(Nc3ccccc3)=C(c3ccc(C)cc3C)C2=O)c1. The number of para-hydroxylation sites is 1. The van der Waals surface area contributed by atoms with Crippen molar-refractivity contribution in [3.8, 4) is 5.75 Å². The number of carbonyl (C=O) groups is 2. The number of ether oxygens (including phenoxy) is 1. The summed E-state index contributed by atoms with van der Waals surface area (Å²) < 4.78 is 5.56. The van der Waals surface area contributed by atoms with Gasteiger partial charge in [0.15, 0.2) is 0 Å². The van der Waals surface area contributed by atoms with Gasteiger partial charge in [-0.05, 0) is 56.2 Å². The summed E-state index contributed by atoms with van der Waals surface area (Å²) in [5, 5.41) is 3.19. The molecule has 2 amide bonds. The molecule has 0 radical (unpaired) electrons. The van der Waals surface area contributed by atoms with Gasteiger partial charge >= 0.3 is 0 Å². The number of carbonyl (C=O) groups excluding carboxylic acids is 2. The van der Waals surface area contributed by atoms with Gasteiger partial charge in [0.25, 0.3) is 11.8 Å². The molecule has 3 aromatic carbocycles. The molecule has 3 aromatic rings. The van der Waals surface area contributed by atoms with Crippen LogP contribution in [0.5, 0.6) is 5.75 Å². The van der Waals surface area contributed by atoms with Gasteiger partial charge in [-0.15, -0.1) is 0 Å². The predicted octanol–water partition coefficient (Wildman–Crippen LogP) is 5.10. The summed E-state index contributed by atoms with van der Waals surface area (Å²) in [6.07, 6.45) is 0. The normalized spacial score (nSPS) is 13.7. The number of hydrogen-bond acceptors (Lipinski definition) is 4. The summed E-state index contributed by atoms with van der Waals surface area (Å²) in [6.45, 7) is 6.34. The van der Waals surface area contributed by atoms with E-state index in [0.29, 0.717) is 23.6 Å². The molecule has 0 spiro atoms. The molecule has 0 aliphatic carbocycles. The number of rotatable bonds is 6. The number of aryl methyl sites for hydroxylation is 2. The monoisotopic (exact) mass is 412 g/mol. The first-order valence-electron chi connectivity index (χ1n) is 10.2. The van der Waals surface area contributed by atoms with Crippen LogP contribution in [-0.4, -0.2) is 18.4 Å². The molecule has 0 bridgehead atoms. The number of anilines is 2. The topological polar surface area (TPSA) is 58.6 Å². The molecule has 0 fully saturated rings. The van der Waals surface area contributed by atoms with Crippen LogP contribution >= 0.6 is 0 Å². The van der Waals surface area contributed by atoms with Gasteiger partial charge < -0.3 is 10.1 Å². The Bertz CT molecular complexity index is 1180. The minimum atomic E-state index is -0.391. The van der Waals surface area contributed by atoms with Crippen LogP contribution in [0.4, 0.5) is 11.4 Å². The van der Waals surface area contributed by atoms with Gasteiger partial charge in [0, 0.05) is 11.8 Å². The van der Waals surface area contributed by atoms with Gasteiger partial charge in [-0.1, -0.05) is 48.0 Å². The summed E-state index contributed by atoms with van der Waals surface area (Å²) >= 11 is 0. The maximum absolute atomic E-state index is 13.6. The van der Waals surface area contributed by atoms with Crippen molar-refractivity contribution in [3.05, 3.63) is 95.2 Å². The molecular formula is C26H24N2O3. The van der Waals surface area contributed by atoms with Crippen LogP contribution < -0.4 is 15.0 Å². The van der Waals surface area contributed by atoms with Crippen molar-refractivity contribution in [2.45, 2.75) is 20.8 Å². The van der Waals surface area contributed by atoms with Crippen LogP contribution in [0.15, 0.2) is 78.5 Å². The molecule has 4 rings (SSSR count). The highest BCUT2D eigenvalue weighted by molar-refractivity contribution is 6.46. The largest absolute Gasteiger partial charge is 0.494 e. The van der Waals surface area contributed by atoms with Gasteiger partial charge in [0.1, 0.15) is 11.4 Å². The van der Waals surface area contributed by atoms with Gasteiger partial charge in [0.05, 0.1) is 17.9 Å². The summed E-state index contributed by atoms with van der Waals surface area (Å²) in [5.74, 6) is -0.139. The average Bonchev–Trinajstić information content (AvgIpc) is 2.99. The Morgan fingerprint density at radius 2 is 1.65 bits per heavy atom. The molecule has 0 saturated heterocycles. The molecule has 5 nitrogen and oxygen atoms in total. The van der Waals surface area contributed by atoms with Crippen LogP contribution in [0.1, 0.15) is 23.6 Å². The molecule has 1 N–H and O–H groups in total. The van der Waals surface area contributed by atoms with Crippen molar-refractivity contribution in [1.82, 2.24) is 0 Å². The number of nitrogens with zero attached hydrogens (tertiary/aromatic N) is 1. The summed E-state index contributed by atoms with van der Waals surface area (Å²) in [5.41, 5.74) is 4.63. The first-order chi connectivity index (χ1) is 15.0. The zero-order valence-electron chi connectivity index (χ0n) is 17.8. The average molecular weight is 412 g/mol. The minimum absolute atomic E-state index is 0.268. The lowest BCUT2D eigenvalue weighted by atomic mass is 9.97. The summed E-state index contributed by atoms with van der Waals surface area (Å²) in [4.78, 5) is 28.3. The lowest BCUT2D eigenvalue weighted by Gasteiger charge is -2.16. The Hall–Kier alpha value is -3.86. The standard InChI is InChI=1S/C26H24N2O3/c1-4-31-21-12-8-11-20(16-21)28-25(29)23(22-14-13-17(2)15-18(22)3)24(26(28)30)27-19-9-6-5-7-10-19/h5-16,27H,4H2,1-3H3. The smallest absolute Gasteiger partial charge is 0.282 e. The fourth-order valence-electron chi connectivity index (χ4n) is 3.77. The van der Waals surface area contributed by atoms with Crippen molar-refractivity contribution in [1.29, 1.82) is 0 Å². The Balaban J connectivity index is 1.83. The molecule has 1 aliphatic heterocycles. The first kappa shape index (κ1) is 20.4. The summed E-state index contributed by atoms with van der Waals surface area (Å²) in [7, 11) is 0. The number of amides is 2. The zero-order chi connectivity index (χ0) is 22.0. The van der Waals surface area contributed by atoms with Crippen LogP contribution in [0.2, 0.25) is 0 Å². The first-order valence-corrected chi connectivity index (χ1v) is 10.2. The fraction of sp³-hybridized carbons (Fsp3) is 0.154. The second-order valence-electron chi connectivity index (χ2n) is 7.44. The molecule has 0 unspecified atom stereocenters. The second kappa shape index (κ2) is 8.48. The van der Waals surface area contributed by atoms with Crippen LogP contribution in [-0.2, 0) is 9.59 Å². The van der Waals surface area contributed by atoms with E-state index in [4.69, 9.17) is 4.74 Å². The van der Waals surface area contributed by atoms with E-state index in [1.54, 1.807) is 24.3 Å². The van der Waals surface area contributed by atoms with Crippen molar-refractivity contribution in [2.75, 3.05) is 16.8 Å². The third-order valence-corrected chi connectivity index (χ3v) is 5.17. The lowest BCUT2D eigenvalue weighted by molar-refractivity contribution is -0.120. The Morgan fingerprint density at radius 3 is 2.35 bits per heavy atom. The van der Waals surface area contributed by atoms with Gasteiger partial charge in [-0.25, -0.2) is 4.90 Å². The van der Waals surface area contributed by atoms with E-state index in [9.17, 15) is 9.59 Å². The van der Waals surface area contributed by atoms with E-state index in [1.807, 2.05) is 69.3 Å². The van der Waals surface area contributed by atoms with Crippen molar-refractivity contribution >= 4 is 28.8 Å². The van der Waals surface area contributed by atoms with E-state index >= 15 is 0 Å². The molecule has 1 aliphatic rings. The van der Waals surface area contributed by atoms with Crippen LogP contribution in [0.3, 0.4) is 0 Å². The van der Waals surface area contributed by atoms with E-state index in [0.717, 1.165) is 22.4 Å². The Kier molecular flexibility index (Phi) is 5.58. The maximum Gasteiger partial charge on any atom is 0.282 e. The minimum Gasteiger partial charge on any atom is -0.494 e. The predicted molar refractivity (Wildman–Crippen MR) is 123 cm³/mol. The van der Waals surface area contributed by atoms with E-state index in [2.05, 4.69) is 5.32 Å².